The highest BCUT2D eigenvalue weighted by Crippen LogP contribution is 2.37. The van der Waals surface area contributed by atoms with Crippen molar-refractivity contribution >= 4 is 21.0 Å². The Morgan fingerprint density at radius 3 is 2.12 bits per heavy atom. The molecule has 0 aromatic heterocycles. The molecule has 0 radical (unpaired) electrons. The number of rotatable bonds is 3. The first kappa shape index (κ1) is 17.4. The minimum Gasteiger partial charge on any atom is -0.224 e. The molecule has 0 spiro atoms. The molecule has 2 nitrogen and oxygen atoms in total. The van der Waals surface area contributed by atoms with Crippen molar-refractivity contribution in [2.45, 2.75) is 11.3 Å². The van der Waals surface area contributed by atoms with Crippen LogP contribution in [-0.2, 0) is 9.84 Å². The van der Waals surface area contributed by atoms with E-state index in [1.165, 1.54) is 0 Å². The Hall–Kier alpha value is -2.41. The van der Waals surface area contributed by atoms with Gasteiger partial charge in [0.1, 0.15) is 28.2 Å². The Kier molecular flexibility index (Phi) is 4.28. The predicted molar refractivity (Wildman–Crippen MR) is 86.4 cm³/mol. The van der Waals surface area contributed by atoms with E-state index < -0.39 is 38.0 Å². The monoisotopic (exact) mass is 368 g/mol. The Labute approximate surface area is 142 Å². The highest BCUT2D eigenvalue weighted by molar-refractivity contribution is 7.90. The van der Waals surface area contributed by atoms with Crippen LogP contribution in [0, 0.1) is 23.3 Å². The third-order valence-corrected chi connectivity index (χ3v) is 4.96. The third-order valence-electron chi connectivity index (χ3n) is 3.85. The SMILES string of the molecule is CS(=O)(=O)c1cc(F)c(C2=C(c3cc(F)cc(F)c3)C=CC2)cc1F. The Morgan fingerprint density at radius 1 is 0.880 bits per heavy atom. The molecule has 0 atom stereocenters. The molecule has 0 unspecified atom stereocenters. The Bertz CT molecular complexity index is 1020. The maximum atomic E-state index is 14.4. The van der Waals surface area contributed by atoms with Crippen LogP contribution in [0.3, 0.4) is 0 Å². The lowest BCUT2D eigenvalue weighted by molar-refractivity contribution is 0.554. The largest absolute Gasteiger partial charge is 0.224 e. The molecule has 1 aliphatic carbocycles. The summed E-state index contributed by atoms with van der Waals surface area (Å²) in [6, 6.07) is 4.31. The number of sulfone groups is 1. The van der Waals surface area contributed by atoms with Gasteiger partial charge in [-0.2, -0.15) is 0 Å². The summed E-state index contributed by atoms with van der Waals surface area (Å²) in [5.41, 5.74) is 0.716. The molecule has 0 bridgehead atoms. The fraction of sp³-hybridized carbons (Fsp3) is 0.111. The fourth-order valence-electron chi connectivity index (χ4n) is 2.78. The average Bonchev–Trinajstić information content (AvgIpc) is 2.96. The molecule has 0 amide bonds. The third kappa shape index (κ3) is 3.37. The molecule has 25 heavy (non-hydrogen) atoms. The molecule has 0 N–H and O–H groups in total. The average molecular weight is 368 g/mol. The minimum atomic E-state index is -3.92. The first-order valence-electron chi connectivity index (χ1n) is 7.22. The smallest absolute Gasteiger partial charge is 0.178 e. The zero-order valence-corrected chi connectivity index (χ0v) is 13.8. The quantitative estimate of drug-likeness (QED) is 0.747. The van der Waals surface area contributed by atoms with Gasteiger partial charge in [0.25, 0.3) is 0 Å². The number of allylic oxidation sites excluding steroid dienone is 4. The van der Waals surface area contributed by atoms with Crippen LogP contribution in [0.5, 0.6) is 0 Å². The summed E-state index contributed by atoms with van der Waals surface area (Å²) in [7, 11) is -3.92. The van der Waals surface area contributed by atoms with Crippen molar-refractivity contribution in [1.29, 1.82) is 0 Å². The van der Waals surface area contributed by atoms with Gasteiger partial charge < -0.3 is 0 Å². The molecular weight excluding hydrogens is 356 g/mol. The standard InChI is InChI=1S/C18H12F4O2S/c1-25(23,24)18-9-16(21)15(8-17(18)22)14-4-2-3-13(14)10-5-11(19)7-12(20)6-10/h2-3,5-9H,4H2,1H3. The van der Waals surface area contributed by atoms with Gasteiger partial charge in [-0.1, -0.05) is 12.2 Å². The van der Waals surface area contributed by atoms with E-state index in [4.69, 9.17) is 0 Å². The van der Waals surface area contributed by atoms with Crippen molar-refractivity contribution in [1.82, 2.24) is 0 Å². The molecular formula is C18H12F4O2S. The molecule has 7 heteroatoms. The summed E-state index contributed by atoms with van der Waals surface area (Å²) in [5.74, 6) is -3.58. The summed E-state index contributed by atoms with van der Waals surface area (Å²) in [5, 5.41) is 0. The van der Waals surface area contributed by atoms with Crippen LogP contribution in [0.25, 0.3) is 11.1 Å². The van der Waals surface area contributed by atoms with Gasteiger partial charge in [-0.15, -0.1) is 0 Å². The normalized spacial score (nSPS) is 14.4. The van der Waals surface area contributed by atoms with Gasteiger partial charge in [-0.05, 0) is 47.4 Å². The van der Waals surface area contributed by atoms with Crippen LogP contribution in [0.4, 0.5) is 17.6 Å². The van der Waals surface area contributed by atoms with Gasteiger partial charge in [-0.3, -0.25) is 0 Å². The molecule has 2 aromatic carbocycles. The number of benzene rings is 2. The molecule has 0 heterocycles. The van der Waals surface area contributed by atoms with Crippen molar-refractivity contribution in [2.75, 3.05) is 6.26 Å². The van der Waals surface area contributed by atoms with Crippen molar-refractivity contribution in [3.8, 4) is 0 Å². The Morgan fingerprint density at radius 2 is 1.52 bits per heavy atom. The van der Waals surface area contributed by atoms with E-state index in [1.54, 1.807) is 12.2 Å². The second-order valence-corrected chi connectivity index (χ2v) is 7.68. The molecule has 130 valence electrons. The van der Waals surface area contributed by atoms with E-state index in [0.29, 0.717) is 23.3 Å². The van der Waals surface area contributed by atoms with Gasteiger partial charge in [0.2, 0.25) is 0 Å². The highest BCUT2D eigenvalue weighted by atomic mass is 32.2. The summed E-state index contributed by atoms with van der Waals surface area (Å²) < 4.78 is 78.4. The van der Waals surface area contributed by atoms with Crippen LogP contribution in [0.1, 0.15) is 17.5 Å². The molecule has 3 rings (SSSR count). The number of hydrogen-bond acceptors (Lipinski definition) is 2. The summed E-state index contributed by atoms with van der Waals surface area (Å²) in [6.45, 7) is 0. The minimum absolute atomic E-state index is 0.144. The zero-order valence-electron chi connectivity index (χ0n) is 13.0. The Balaban J connectivity index is 2.20. The van der Waals surface area contributed by atoms with E-state index >= 15 is 0 Å². The van der Waals surface area contributed by atoms with Gasteiger partial charge in [0.05, 0.1) is 0 Å². The molecule has 0 saturated heterocycles. The molecule has 0 fully saturated rings. The second kappa shape index (κ2) is 6.15. The molecule has 0 saturated carbocycles. The van der Waals surface area contributed by atoms with Gasteiger partial charge in [-0.25, -0.2) is 26.0 Å². The van der Waals surface area contributed by atoms with Crippen molar-refractivity contribution in [3.05, 3.63) is 76.9 Å². The molecule has 0 aliphatic heterocycles. The molecule has 2 aromatic rings. The lowest BCUT2D eigenvalue weighted by Crippen LogP contribution is -2.04. The topological polar surface area (TPSA) is 34.1 Å². The van der Waals surface area contributed by atoms with E-state index in [-0.39, 0.29) is 17.5 Å². The highest BCUT2D eigenvalue weighted by Gasteiger charge is 2.22. The summed E-state index contributed by atoms with van der Waals surface area (Å²) in [6.07, 6.45) is 4.21. The van der Waals surface area contributed by atoms with Gasteiger partial charge in [0.15, 0.2) is 9.84 Å². The maximum absolute atomic E-state index is 14.4. The molecule has 1 aliphatic rings. The summed E-state index contributed by atoms with van der Waals surface area (Å²) >= 11 is 0. The van der Waals surface area contributed by atoms with E-state index in [0.717, 1.165) is 24.5 Å². The van der Waals surface area contributed by atoms with E-state index in [1.807, 2.05) is 0 Å². The van der Waals surface area contributed by atoms with Crippen LogP contribution in [0.2, 0.25) is 0 Å². The lowest BCUT2D eigenvalue weighted by atomic mass is 9.96. The number of hydrogen-bond donors (Lipinski definition) is 0. The van der Waals surface area contributed by atoms with Crippen LogP contribution in [0.15, 0.2) is 47.4 Å². The zero-order chi connectivity index (χ0) is 18.4. The van der Waals surface area contributed by atoms with Crippen molar-refractivity contribution < 1.29 is 26.0 Å². The second-order valence-electron chi connectivity index (χ2n) is 5.69. The van der Waals surface area contributed by atoms with E-state index in [2.05, 4.69) is 0 Å². The first-order chi connectivity index (χ1) is 11.7. The van der Waals surface area contributed by atoms with Gasteiger partial charge in [0, 0.05) is 17.9 Å². The van der Waals surface area contributed by atoms with Gasteiger partial charge >= 0.3 is 0 Å². The first-order valence-corrected chi connectivity index (χ1v) is 9.11. The summed E-state index contributed by atoms with van der Waals surface area (Å²) in [4.78, 5) is -0.737. The van der Waals surface area contributed by atoms with Crippen molar-refractivity contribution in [3.63, 3.8) is 0 Å². The van der Waals surface area contributed by atoms with Crippen LogP contribution < -0.4 is 0 Å². The van der Waals surface area contributed by atoms with E-state index in [9.17, 15) is 26.0 Å². The van der Waals surface area contributed by atoms with Crippen LogP contribution in [-0.4, -0.2) is 14.7 Å². The maximum Gasteiger partial charge on any atom is 0.178 e. The van der Waals surface area contributed by atoms with Crippen LogP contribution >= 0.6 is 0 Å². The fourth-order valence-corrected chi connectivity index (χ4v) is 3.51. The number of halogens is 4. The predicted octanol–water partition coefficient (Wildman–Crippen LogP) is 4.52. The van der Waals surface area contributed by atoms with Crippen molar-refractivity contribution in [2.24, 2.45) is 0 Å². The lowest BCUT2D eigenvalue weighted by Gasteiger charge is -2.11.